The van der Waals surface area contributed by atoms with Crippen LogP contribution in [0.1, 0.15) is 50.6 Å². The quantitative estimate of drug-likeness (QED) is 0.255. The number of hydrogen-bond acceptors (Lipinski definition) is 5. The van der Waals surface area contributed by atoms with Crippen molar-refractivity contribution >= 4 is 23.3 Å². The SMILES string of the molecule is CC(C)=CCCC(C)NCCCc1scnc1C.O=C(O)C(F)(F)F.O=C(O)C(F)(F)F. The molecular formula is C19H28F6N2O4S. The third kappa shape index (κ3) is 18.6. The van der Waals surface area contributed by atoms with E-state index in [1.165, 1.54) is 35.4 Å². The number of halogens is 6. The van der Waals surface area contributed by atoms with Crippen LogP contribution >= 0.6 is 11.3 Å². The normalized spacial score (nSPS) is 11.9. The fourth-order valence-electron chi connectivity index (χ4n) is 1.89. The van der Waals surface area contributed by atoms with Gasteiger partial charge in [-0.1, -0.05) is 11.6 Å². The van der Waals surface area contributed by atoms with Crippen molar-refractivity contribution in [1.82, 2.24) is 10.3 Å². The lowest BCUT2D eigenvalue weighted by Crippen LogP contribution is -2.27. The number of aryl methyl sites for hydroxylation is 2. The van der Waals surface area contributed by atoms with Crippen LogP contribution in [-0.2, 0) is 16.0 Å². The van der Waals surface area contributed by atoms with Crippen LogP contribution in [0, 0.1) is 6.92 Å². The number of carbonyl (C=O) groups is 2. The van der Waals surface area contributed by atoms with Gasteiger partial charge in [0, 0.05) is 10.9 Å². The van der Waals surface area contributed by atoms with Crippen molar-refractivity contribution in [3.8, 4) is 0 Å². The molecule has 1 rings (SSSR count). The minimum absolute atomic E-state index is 0.614. The molecule has 0 saturated carbocycles. The number of aliphatic carboxylic acids is 2. The van der Waals surface area contributed by atoms with Gasteiger partial charge in [-0.2, -0.15) is 26.3 Å². The van der Waals surface area contributed by atoms with E-state index in [1.54, 1.807) is 11.3 Å². The number of carboxylic acids is 2. The van der Waals surface area contributed by atoms with Gasteiger partial charge in [-0.05, 0) is 59.9 Å². The van der Waals surface area contributed by atoms with Crippen molar-refractivity contribution in [1.29, 1.82) is 0 Å². The van der Waals surface area contributed by atoms with Crippen LogP contribution in [0.15, 0.2) is 17.2 Å². The molecule has 6 nitrogen and oxygen atoms in total. The highest BCUT2D eigenvalue weighted by atomic mass is 32.1. The van der Waals surface area contributed by atoms with Crippen LogP contribution in [0.3, 0.4) is 0 Å². The molecule has 0 spiro atoms. The van der Waals surface area contributed by atoms with Crippen molar-refractivity contribution in [3.63, 3.8) is 0 Å². The van der Waals surface area contributed by atoms with Gasteiger partial charge in [0.15, 0.2) is 0 Å². The Morgan fingerprint density at radius 3 is 1.94 bits per heavy atom. The van der Waals surface area contributed by atoms with Crippen LogP contribution in [0.4, 0.5) is 26.3 Å². The van der Waals surface area contributed by atoms with Crippen molar-refractivity contribution in [2.24, 2.45) is 0 Å². The van der Waals surface area contributed by atoms with Crippen molar-refractivity contribution in [2.75, 3.05) is 6.54 Å². The molecular weight excluding hydrogens is 466 g/mol. The Labute approximate surface area is 186 Å². The summed E-state index contributed by atoms with van der Waals surface area (Å²) in [5, 5.41) is 17.8. The van der Waals surface area contributed by atoms with Gasteiger partial charge in [0.1, 0.15) is 0 Å². The summed E-state index contributed by atoms with van der Waals surface area (Å²) in [6, 6.07) is 0.614. The van der Waals surface area contributed by atoms with E-state index in [-0.39, 0.29) is 0 Å². The Kier molecular flexibility index (Phi) is 15.6. The summed E-state index contributed by atoms with van der Waals surface area (Å²) < 4.78 is 63.5. The first-order chi connectivity index (χ1) is 14.5. The molecule has 0 aliphatic rings. The molecule has 186 valence electrons. The average molecular weight is 494 g/mol. The van der Waals surface area contributed by atoms with Gasteiger partial charge in [-0.15, -0.1) is 11.3 Å². The summed E-state index contributed by atoms with van der Waals surface area (Å²) in [4.78, 5) is 23.5. The molecule has 0 saturated heterocycles. The predicted molar refractivity (Wildman–Crippen MR) is 109 cm³/mol. The van der Waals surface area contributed by atoms with Crippen LogP contribution in [0.25, 0.3) is 0 Å². The van der Waals surface area contributed by atoms with E-state index in [0.29, 0.717) is 6.04 Å². The highest BCUT2D eigenvalue weighted by Gasteiger charge is 2.38. The molecule has 0 aliphatic heterocycles. The van der Waals surface area contributed by atoms with Gasteiger partial charge < -0.3 is 15.5 Å². The van der Waals surface area contributed by atoms with E-state index in [0.717, 1.165) is 13.0 Å². The van der Waals surface area contributed by atoms with Gasteiger partial charge in [-0.25, -0.2) is 14.6 Å². The molecule has 32 heavy (non-hydrogen) atoms. The second kappa shape index (κ2) is 15.6. The summed E-state index contributed by atoms with van der Waals surface area (Å²) in [7, 11) is 0. The van der Waals surface area contributed by atoms with Crippen LogP contribution in [0.5, 0.6) is 0 Å². The minimum atomic E-state index is -5.08. The van der Waals surface area contributed by atoms with Gasteiger partial charge in [-0.3, -0.25) is 0 Å². The molecule has 3 N–H and O–H groups in total. The van der Waals surface area contributed by atoms with Crippen molar-refractivity contribution < 1.29 is 46.1 Å². The van der Waals surface area contributed by atoms with E-state index < -0.39 is 24.3 Å². The van der Waals surface area contributed by atoms with E-state index in [4.69, 9.17) is 19.8 Å². The maximum absolute atomic E-state index is 10.6. The van der Waals surface area contributed by atoms with Crippen LogP contribution in [0.2, 0.25) is 0 Å². The zero-order chi connectivity index (χ0) is 25.5. The Bertz CT molecular complexity index is 689. The zero-order valence-electron chi connectivity index (χ0n) is 18.1. The van der Waals surface area contributed by atoms with Gasteiger partial charge >= 0.3 is 24.3 Å². The number of alkyl halides is 6. The molecule has 1 aromatic heterocycles. The summed E-state index contributed by atoms with van der Waals surface area (Å²) >= 11 is 1.78. The minimum Gasteiger partial charge on any atom is -0.475 e. The molecule has 0 amide bonds. The molecule has 1 atom stereocenters. The van der Waals surface area contributed by atoms with Gasteiger partial charge in [0.25, 0.3) is 0 Å². The number of thiazole rings is 1. The Morgan fingerprint density at radius 2 is 1.59 bits per heavy atom. The Hall–Kier alpha value is -2.15. The van der Waals surface area contributed by atoms with E-state index in [9.17, 15) is 26.3 Å². The number of nitrogens with zero attached hydrogens (tertiary/aromatic N) is 1. The fourth-order valence-corrected chi connectivity index (χ4v) is 2.71. The summed E-state index contributed by atoms with van der Waals surface area (Å²) in [5.74, 6) is -5.51. The van der Waals surface area contributed by atoms with Crippen LogP contribution in [-0.4, -0.2) is 52.1 Å². The first-order valence-corrected chi connectivity index (χ1v) is 10.2. The summed E-state index contributed by atoms with van der Waals surface area (Å²) in [6.45, 7) is 9.80. The molecule has 1 aromatic rings. The molecule has 13 heteroatoms. The Balaban J connectivity index is 0. The van der Waals surface area contributed by atoms with E-state index in [1.807, 2.05) is 5.51 Å². The highest BCUT2D eigenvalue weighted by Crippen LogP contribution is 2.14. The van der Waals surface area contributed by atoms with E-state index in [2.05, 4.69) is 44.1 Å². The van der Waals surface area contributed by atoms with Gasteiger partial charge in [0.05, 0.1) is 11.2 Å². The van der Waals surface area contributed by atoms with Crippen molar-refractivity contribution in [2.45, 2.75) is 71.8 Å². The number of nitrogens with one attached hydrogen (secondary N) is 1. The second-order valence-corrected chi connectivity index (χ2v) is 7.72. The predicted octanol–water partition coefficient (Wildman–Crippen LogP) is 5.38. The zero-order valence-corrected chi connectivity index (χ0v) is 18.9. The molecule has 0 bridgehead atoms. The highest BCUT2D eigenvalue weighted by molar-refractivity contribution is 7.09. The van der Waals surface area contributed by atoms with Crippen molar-refractivity contribution in [3.05, 3.63) is 27.7 Å². The molecule has 0 fully saturated rings. The summed E-state index contributed by atoms with van der Waals surface area (Å²) in [5.41, 5.74) is 4.57. The first kappa shape index (κ1) is 32.0. The molecule has 0 radical (unpaired) electrons. The lowest BCUT2D eigenvalue weighted by molar-refractivity contribution is -0.193. The molecule has 0 aliphatic carbocycles. The number of allylic oxidation sites excluding steroid dienone is 2. The molecule has 1 unspecified atom stereocenters. The summed E-state index contributed by atoms with van der Waals surface area (Å²) in [6.07, 6.45) is -3.08. The number of aromatic nitrogens is 1. The number of carboxylic acid groups (broad SMARTS) is 2. The van der Waals surface area contributed by atoms with E-state index >= 15 is 0 Å². The largest absolute Gasteiger partial charge is 0.490 e. The monoisotopic (exact) mass is 494 g/mol. The van der Waals surface area contributed by atoms with Gasteiger partial charge in [0.2, 0.25) is 0 Å². The number of rotatable bonds is 8. The number of hydrogen-bond donors (Lipinski definition) is 3. The molecule has 1 heterocycles. The lowest BCUT2D eigenvalue weighted by atomic mass is 10.1. The molecule has 0 aromatic carbocycles. The third-order valence-corrected chi connectivity index (χ3v) is 4.55. The maximum Gasteiger partial charge on any atom is 0.490 e. The second-order valence-electron chi connectivity index (χ2n) is 6.78. The lowest BCUT2D eigenvalue weighted by Gasteiger charge is -2.12. The third-order valence-electron chi connectivity index (χ3n) is 3.56. The topological polar surface area (TPSA) is 99.5 Å². The standard InChI is InChI=1S/C15H26N2S.2C2HF3O2/c1-12(2)7-5-8-13(3)16-10-6-9-15-14(4)17-11-18-15;2*3-2(4,5)1(6)7/h7,11,13,16H,5-6,8-10H2,1-4H3;2*(H,6,7). The average Bonchev–Trinajstić information content (AvgIpc) is 3.03. The fraction of sp³-hybridized carbons (Fsp3) is 0.632. The smallest absolute Gasteiger partial charge is 0.475 e. The van der Waals surface area contributed by atoms with Crippen LogP contribution < -0.4 is 5.32 Å². The maximum atomic E-state index is 10.6. The first-order valence-electron chi connectivity index (χ1n) is 9.34. The Morgan fingerprint density at radius 1 is 1.12 bits per heavy atom.